The molecule has 2 aromatic rings. The molecule has 3 nitrogen and oxygen atoms in total. The standard InChI is InChI=1S/C14H16N2O/c1-2-7-15-10-14(17)12-5-3-4-11-6-8-16-9-13(11)12/h3-6,8-9,15H,2,7,10H2,1H3. The molecule has 0 bridgehead atoms. The Labute approximate surface area is 101 Å². The molecule has 0 atom stereocenters. The third kappa shape index (κ3) is 2.68. The predicted octanol–water partition coefficient (Wildman–Crippen LogP) is 2.42. The summed E-state index contributed by atoms with van der Waals surface area (Å²) in [5.41, 5.74) is 0.749. The van der Waals surface area contributed by atoms with Crippen molar-refractivity contribution in [1.82, 2.24) is 10.3 Å². The summed E-state index contributed by atoms with van der Waals surface area (Å²) >= 11 is 0. The summed E-state index contributed by atoms with van der Waals surface area (Å²) in [5, 5.41) is 5.11. The molecule has 1 aromatic heterocycles. The molecule has 0 spiro atoms. The van der Waals surface area contributed by atoms with E-state index in [4.69, 9.17) is 0 Å². The lowest BCUT2D eigenvalue weighted by Gasteiger charge is -2.06. The van der Waals surface area contributed by atoms with E-state index < -0.39 is 0 Å². The largest absolute Gasteiger partial charge is 0.310 e. The highest BCUT2D eigenvalue weighted by atomic mass is 16.1. The van der Waals surface area contributed by atoms with Gasteiger partial charge in [0, 0.05) is 23.3 Å². The van der Waals surface area contributed by atoms with Gasteiger partial charge in [-0.2, -0.15) is 0 Å². The normalized spacial score (nSPS) is 10.6. The smallest absolute Gasteiger partial charge is 0.177 e. The maximum atomic E-state index is 12.0. The zero-order valence-electron chi connectivity index (χ0n) is 9.94. The summed E-state index contributed by atoms with van der Waals surface area (Å²) in [6.45, 7) is 3.34. The van der Waals surface area contributed by atoms with Crippen molar-refractivity contribution in [3.05, 3.63) is 42.2 Å². The van der Waals surface area contributed by atoms with Gasteiger partial charge < -0.3 is 5.32 Å². The number of hydrogen-bond acceptors (Lipinski definition) is 3. The first-order chi connectivity index (χ1) is 8.33. The quantitative estimate of drug-likeness (QED) is 0.631. The fourth-order valence-electron chi connectivity index (χ4n) is 1.83. The summed E-state index contributed by atoms with van der Waals surface area (Å²) in [6, 6.07) is 7.69. The molecule has 3 heteroatoms. The van der Waals surface area contributed by atoms with Crippen LogP contribution >= 0.6 is 0 Å². The number of Topliss-reactive ketones (excluding diaryl/α,β-unsaturated/α-hetero) is 1. The van der Waals surface area contributed by atoms with Crippen LogP contribution in [-0.2, 0) is 0 Å². The van der Waals surface area contributed by atoms with E-state index in [9.17, 15) is 4.79 Å². The SMILES string of the molecule is CCCNCC(=O)c1cccc2ccncc12. The molecule has 17 heavy (non-hydrogen) atoms. The fraction of sp³-hybridized carbons (Fsp3) is 0.286. The van der Waals surface area contributed by atoms with Crippen molar-refractivity contribution in [3.8, 4) is 0 Å². The number of benzene rings is 1. The predicted molar refractivity (Wildman–Crippen MR) is 69.2 cm³/mol. The lowest BCUT2D eigenvalue weighted by Crippen LogP contribution is -2.23. The maximum absolute atomic E-state index is 12.0. The zero-order chi connectivity index (χ0) is 12.1. The molecular formula is C14H16N2O. The Morgan fingerprint density at radius 1 is 1.35 bits per heavy atom. The van der Waals surface area contributed by atoms with Crippen molar-refractivity contribution in [1.29, 1.82) is 0 Å². The van der Waals surface area contributed by atoms with Crippen LogP contribution in [0.15, 0.2) is 36.7 Å². The van der Waals surface area contributed by atoms with Crippen LogP contribution in [0.4, 0.5) is 0 Å². The number of carbonyl (C=O) groups excluding carboxylic acids is 1. The summed E-state index contributed by atoms with van der Waals surface area (Å²) < 4.78 is 0. The van der Waals surface area contributed by atoms with Crippen molar-refractivity contribution in [2.75, 3.05) is 13.1 Å². The molecule has 1 aromatic carbocycles. The number of hydrogen-bond donors (Lipinski definition) is 1. The van der Waals surface area contributed by atoms with Gasteiger partial charge in [0.1, 0.15) is 0 Å². The number of nitrogens with one attached hydrogen (secondary N) is 1. The summed E-state index contributed by atoms with van der Waals surface area (Å²) in [6.07, 6.45) is 4.53. The van der Waals surface area contributed by atoms with E-state index >= 15 is 0 Å². The third-order valence-corrected chi connectivity index (χ3v) is 2.70. The second-order valence-corrected chi connectivity index (χ2v) is 4.00. The van der Waals surface area contributed by atoms with E-state index in [0.717, 1.165) is 29.3 Å². The number of pyridine rings is 1. The van der Waals surface area contributed by atoms with Gasteiger partial charge in [-0.15, -0.1) is 0 Å². The average Bonchev–Trinajstić information content (AvgIpc) is 2.38. The molecule has 2 rings (SSSR count). The number of fused-ring (bicyclic) bond motifs is 1. The van der Waals surface area contributed by atoms with E-state index in [-0.39, 0.29) is 5.78 Å². The molecule has 0 saturated heterocycles. The van der Waals surface area contributed by atoms with Crippen LogP contribution in [0.5, 0.6) is 0 Å². The van der Waals surface area contributed by atoms with Gasteiger partial charge in [0.05, 0.1) is 6.54 Å². The van der Waals surface area contributed by atoms with E-state index in [1.807, 2.05) is 24.3 Å². The molecule has 0 aliphatic rings. The van der Waals surface area contributed by atoms with Gasteiger partial charge in [0.25, 0.3) is 0 Å². The van der Waals surface area contributed by atoms with Crippen LogP contribution in [0.25, 0.3) is 10.8 Å². The highest BCUT2D eigenvalue weighted by molar-refractivity contribution is 6.08. The molecule has 0 unspecified atom stereocenters. The first-order valence-corrected chi connectivity index (χ1v) is 5.89. The number of rotatable bonds is 5. The van der Waals surface area contributed by atoms with E-state index in [1.54, 1.807) is 12.4 Å². The minimum Gasteiger partial charge on any atom is -0.310 e. The molecular weight excluding hydrogens is 212 g/mol. The Bertz CT molecular complexity index is 517. The lowest BCUT2D eigenvalue weighted by atomic mass is 10.0. The van der Waals surface area contributed by atoms with Crippen molar-refractivity contribution in [2.45, 2.75) is 13.3 Å². The van der Waals surface area contributed by atoms with Crippen LogP contribution in [0.2, 0.25) is 0 Å². The van der Waals surface area contributed by atoms with Gasteiger partial charge in [-0.3, -0.25) is 9.78 Å². The molecule has 0 fully saturated rings. The highest BCUT2D eigenvalue weighted by Gasteiger charge is 2.08. The van der Waals surface area contributed by atoms with Crippen molar-refractivity contribution >= 4 is 16.6 Å². The second kappa shape index (κ2) is 5.55. The Hall–Kier alpha value is -1.74. The first-order valence-electron chi connectivity index (χ1n) is 5.89. The Morgan fingerprint density at radius 2 is 2.24 bits per heavy atom. The highest BCUT2D eigenvalue weighted by Crippen LogP contribution is 2.17. The molecule has 0 radical (unpaired) electrons. The van der Waals surface area contributed by atoms with Gasteiger partial charge in [0.2, 0.25) is 0 Å². The Kier molecular flexibility index (Phi) is 3.83. The molecule has 1 N–H and O–H groups in total. The van der Waals surface area contributed by atoms with E-state index in [1.165, 1.54) is 0 Å². The van der Waals surface area contributed by atoms with Crippen LogP contribution in [0, 0.1) is 0 Å². The molecule has 0 amide bonds. The van der Waals surface area contributed by atoms with Crippen molar-refractivity contribution in [2.24, 2.45) is 0 Å². The van der Waals surface area contributed by atoms with Crippen molar-refractivity contribution < 1.29 is 4.79 Å². The number of ketones is 1. The average molecular weight is 228 g/mol. The zero-order valence-corrected chi connectivity index (χ0v) is 9.94. The van der Waals surface area contributed by atoms with Crippen LogP contribution in [0.3, 0.4) is 0 Å². The summed E-state index contributed by atoms with van der Waals surface area (Å²) in [7, 11) is 0. The number of aromatic nitrogens is 1. The number of nitrogens with zero attached hydrogens (tertiary/aromatic N) is 1. The number of carbonyl (C=O) groups is 1. The van der Waals surface area contributed by atoms with Gasteiger partial charge in [-0.1, -0.05) is 25.1 Å². The molecule has 0 saturated carbocycles. The second-order valence-electron chi connectivity index (χ2n) is 4.00. The van der Waals surface area contributed by atoms with Gasteiger partial charge >= 0.3 is 0 Å². The minimum atomic E-state index is 0.122. The summed E-state index contributed by atoms with van der Waals surface area (Å²) in [4.78, 5) is 16.1. The van der Waals surface area contributed by atoms with Gasteiger partial charge in [-0.05, 0) is 24.4 Å². The van der Waals surface area contributed by atoms with Gasteiger partial charge in [0.15, 0.2) is 5.78 Å². The van der Waals surface area contributed by atoms with Gasteiger partial charge in [-0.25, -0.2) is 0 Å². The Morgan fingerprint density at radius 3 is 3.06 bits per heavy atom. The maximum Gasteiger partial charge on any atom is 0.177 e. The first kappa shape index (κ1) is 11.7. The lowest BCUT2D eigenvalue weighted by molar-refractivity contribution is 0.0993. The van der Waals surface area contributed by atoms with Crippen LogP contribution < -0.4 is 5.32 Å². The third-order valence-electron chi connectivity index (χ3n) is 2.70. The molecule has 1 heterocycles. The topological polar surface area (TPSA) is 42.0 Å². The Balaban J connectivity index is 2.26. The monoisotopic (exact) mass is 228 g/mol. The van der Waals surface area contributed by atoms with E-state index in [2.05, 4.69) is 17.2 Å². The summed E-state index contributed by atoms with van der Waals surface area (Å²) in [5.74, 6) is 0.122. The minimum absolute atomic E-state index is 0.122. The van der Waals surface area contributed by atoms with Crippen LogP contribution in [0.1, 0.15) is 23.7 Å². The molecule has 0 aliphatic carbocycles. The molecule has 88 valence electrons. The van der Waals surface area contributed by atoms with E-state index in [0.29, 0.717) is 6.54 Å². The van der Waals surface area contributed by atoms with Crippen molar-refractivity contribution in [3.63, 3.8) is 0 Å². The molecule has 0 aliphatic heterocycles. The fourth-order valence-corrected chi connectivity index (χ4v) is 1.83. The van der Waals surface area contributed by atoms with Crippen LogP contribution in [-0.4, -0.2) is 23.9 Å².